The minimum Gasteiger partial charge on any atom is -0.456 e. The highest BCUT2D eigenvalue weighted by molar-refractivity contribution is 5.98. The number of imide groups is 1. The van der Waals surface area contributed by atoms with Crippen molar-refractivity contribution in [3.05, 3.63) is 35.9 Å². The number of ether oxygens (including phenoxy) is 1. The largest absolute Gasteiger partial charge is 0.456 e. The lowest BCUT2D eigenvalue weighted by atomic mass is 10.1. The summed E-state index contributed by atoms with van der Waals surface area (Å²) in [6.45, 7) is 2.92. The van der Waals surface area contributed by atoms with E-state index in [4.69, 9.17) is 4.74 Å². The zero-order valence-corrected chi connectivity index (χ0v) is 13.1. The van der Waals surface area contributed by atoms with Crippen LogP contribution in [0.1, 0.15) is 37.0 Å². The lowest BCUT2D eigenvalue weighted by Gasteiger charge is -2.09. The smallest absolute Gasteiger partial charge is 0.321 e. The van der Waals surface area contributed by atoms with E-state index in [0.717, 1.165) is 0 Å². The number of hydrogen-bond acceptors (Lipinski definition) is 5. The van der Waals surface area contributed by atoms with E-state index in [2.05, 4.69) is 5.32 Å². The molecular formula is C16H20N2O5. The van der Waals surface area contributed by atoms with E-state index in [0.29, 0.717) is 5.56 Å². The zero-order valence-electron chi connectivity index (χ0n) is 13.1. The Balaban J connectivity index is 2.25. The van der Waals surface area contributed by atoms with Crippen molar-refractivity contribution in [2.45, 2.75) is 32.7 Å². The summed E-state index contributed by atoms with van der Waals surface area (Å²) in [7, 11) is 0. The van der Waals surface area contributed by atoms with Gasteiger partial charge in [-0.25, -0.2) is 4.79 Å². The molecule has 2 N–H and O–H groups in total. The van der Waals surface area contributed by atoms with Gasteiger partial charge in [-0.15, -0.1) is 0 Å². The second-order valence-electron chi connectivity index (χ2n) is 5.13. The third-order valence-corrected chi connectivity index (χ3v) is 2.69. The molecule has 23 heavy (non-hydrogen) atoms. The lowest BCUT2D eigenvalue weighted by molar-refractivity contribution is -0.148. The number of benzene rings is 1. The van der Waals surface area contributed by atoms with Gasteiger partial charge in [0.1, 0.15) is 0 Å². The Labute approximate surface area is 134 Å². The molecule has 1 aromatic carbocycles. The van der Waals surface area contributed by atoms with Crippen LogP contribution in [0, 0.1) is 0 Å². The first kappa shape index (κ1) is 18.3. The SMILES string of the molecule is CC(C)NC(=O)NC(=O)COC(=O)CCC(=O)c1ccccc1. The van der Waals surface area contributed by atoms with Crippen LogP contribution >= 0.6 is 0 Å². The molecule has 7 heteroatoms. The van der Waals surface area contributed by atoms with Crippen LogP contribution < -0.4 is 10.6 Å². The molecule has 1 rings (SSSR count). The maximum Gasteiger partial charge on any atom is 0.321 e. The van der Waals surface area contributed by atoms with Crippen LogP contribution in [0.3, 0.4) is 0 Å². The number of rotatable bonds is 7. The zero-order chi connectivity index (χ0) is 17.2. The number of carbonyl (C=O) groups excluding carboxylic acids is 4. The maximum absolute atomic E-state index is 11.8. The van der Waals surface area contributed by atoms with Gasteiger partial charge < -0.3 is 10.1 Å². The number of ketones is 1. The van der Waals surface area contributed by atoms with Crippen molar-refractivity contribution in [1.29, 1.82) is 0 Å². The van der Waals surface area contributed by atoms with Gasteiger partial charge in [-0.05, 0) is 13.8 Å². The van der Waals surface area contributed by atoms with Crippen LogP contribution in [0.2, 0.25) is 0 Å². The van der Waals surface area contributed by atoms with Gasteiger partial charge in [0, 0.05) is 18.0 Å². The number of esters is 1. The second-order valence-corrected chi connectivity index (χ2v) is 5.13. The molecule has 7 nitrogen and oxygen atoms in total. The fourth-order valence-corrected chi connectivity index (χ4v) is 1.66. The molecule has 0 radical (unpaired) electrons. The molecule has 0 aliphatic carbocycles. The predicted octanol–water partition coefficient (Wildman–Crippen LogP) is 1.43. The van der Waals surface area contributed by atoms with Crippen molar-refractivity contribution >= 4 is 23.7 Å². The van der Waals surface area contributed by atoms with Gasteiger partial charge in [0.2, 0.25) is 0 Å². The Hall–Kier alpha value is -2.70. The molecule has 0 saturated heterocycles. The van der Waals surface area contributed by atoms with E-state index in [1.807, 2.05) is 5.32 Å². The normalized spacial score (nSPS) is 10.0. The molecule has 0 bridgehead atoms. The van der Waals surface area contributed by atoms with E-state index >= 15 is 0 Å². The summed E-state index contributed by atoms with van der Waals surface area (Å²) in [6.07, 6.45) is -0.127. The molecule has 0 unspecified atom stereocenters. The van der Waals surface area contributed by atoms with Gasteiger partial charge >= 0.3 is 12.0 Å². The van der Waals surface area contributed by atoms with Crippen LogP contribution in [-0.4, -0.2) is 36.3 Å². The number of urea groups is 1. The Bertz CT molecular complexity index is 569. The van der Waals surface area contributed by atoms with Gasteiger partial charge in [0.05, 0.1) is 6.42 Å². The number of amides is 3. The fourth-order valence-electron chi connectivity index (χ4n) is 1.66. The molecule has 0 aliphatic heterocycles. The maximum atomic E-state index is 11.8. The van der Waals surface area contributed by atoms with Crippen LogP contribution in [0.25, 0.3) is 0 Å². The quantitative estimate of drug-likeness (QED) is 0.584. The summed E-state index contributed by atoms with van der Waals surface area (Å²) in [6, 6.07) is 7.81. The fraction of sp³-hybridized carbons (Fsp3) is 0.375. The van der Waals surface area contributed by atoms with E-state index < -0.39 is 24.5 Å². The molecule has 0 heterocycles. The minimum absolute atomic E-state index is 0.00169. The summed E-state index contributed by atoms with van der Waals surface area (Å²) in [5.41, 5.74) is 0.517. The number of nitrogens with one attached hydrogen (secondary N) is 2. The van der Waals surface area contributed by atoms with Crippen molar-refractivity contribution in [1.82, 2.24) is 10.6 Å². The number of hydrogen-bond donors (Lipinski definition) is 2. The van der Waals surface area contributed by atoms with Crippen molar-refractivity contribution < 1.29 is 23.9 Å². The van der Waals surface area contributed by atoms with Crippen molar-refractivity contribution in [3.8, 4) is 0 Å². The average Bonchev–Trinajstić information content (AvgIpc) is 2.50. The molecule has 0 fully saturated rings. The van der Waals surface area contributed by atoms with Crippen molar-refractivity contribution in [2.24, 2.45) is 0 Å². The monoisotopic (exact) mass is 320 g/mol. The summed E-state index contributed by atoms with van der Waals surface area (Å²) in [4.78, 5) is 45.9. The molecule has 0 aliphatic rings. The predicted molar refractivity (Wildman–Crippen MR) is 82.8 cm³/mol. The van der Waals surface area contributed by atoms with Crippen molar-refractivity contribution in [3.63, 3.8) is 0 Å². The first-order chi connectivity index (χ1) is 10.9. The summed E-state index contributed by atoms with van der Waals surface area (Å²) < 4.78 is 4.71. The Morgan fingerprint density at radius 3 is 2.30 bits per heavy atom. The van der Waals surface area contributed by atoms with Gasteiger partial charge in [-0.3, -0.25) is 19.7 Å². The molecule has 0 spiro atoms. The van der Waals surface area contributed by atoms with Crippen molar-refractivity contribution in [2.75, 3.05) is 6.61 Å². The average molecular weight is 320 g/mol. The molecule has 1 aromatic rings. The van der Waals surface area contributed by atoms with E-state index in [9.17, 15) is 19.2 Å². The molecule has 3 amide bonds. The van der Waals surface area contributed by atoms with Gasteiger partial charge in [0.25, 0.3) is 5.91 Å². The first-order valence-electron chi connectivity index (χ1n) is 7.22. The summed E-state index contributed by atoms with van der Waals surface area (Å²) in [5.74, 6) is -1.58. The standard InChI is InChI=1S/C16H20N2O5/c1-11(2)17-16(22)18-14(20)10-23-15(21)9-8-13(19)12-6-4-3-5-7-12/h3-7,11H,8-10H2,1-2H3,(H2,17,18,20,22). The Morgan fingerprint density at radius 1 is 1.04 bits per heavy atom. The summed E-state index contributed by atoms with van der Waals surface area (Å²) in [5, 5.41) is 4.49. The minimum atomic E-state index is -0.731. The topological polar surface area (TPSA) is 102 Å². The van der Waals surface area contributed by atoms with E-state index in [-0.39, 0.29) is 24.7 Å². The molecule has 0 atom stereocenters. The molecule has 0 aromatic heterocycles. The Morgan fingerprint density at radius 2 is 1.70 bits per heavy atom. The third kappa shape index (κ3) is 7.75. The van der Waals surface area contributed by atoms with Crippen LogP contribution in [-0.2, 0) is 14.3 Å². The highest BCUT2D eigenvalue weighted by Gasteiger charge is 2.13. The van der Waals surface area contributed by atoms with Crippen LogP contribution in [0.15, 0.2) is 30.3 Å². The van der Waals surface area contributed by atoms with Gasteiger partial charge in [-0.1, -0.05) is 30.3 Å². The van der Waals surface area contributed by atoms with Crippen LogP contribution in [0.4, 0.5) is 4.79 Å². The van der Waals surface area contributed by atoms with Crippen LogP contribution in [0.5, 0.6) is 0 Å². The molecule has 124 valence electrons. The first-order valence-corrected chi connectivity index (χ1v) is 7.22. The number of Topliss-reactive ketones (excluding diaryl/α,β-unsaturated/α-hetero) is 1. The van der Waals surface area contributed by atoms with E-state index in [1.165, 1.54) is 0 Å². The molecule has 0 saturated carbocycles. The third-order valence-electron chi connectivity index (χ3n) is 2.69. The summed E-state index contributed by atoms with van der Waals surface area (Å²) >= 11 is 0. The highest BCUT2D eigenvalue weighted by atomic mass is 16.5. The molecular weight excluding hydrogens is 300 g/mol. The highest BCUT2D eigenvalue weighted by Crippen LogP contribution is 2.05. The van der Waals surface area contributed by atoms with Gasteiger partial charge in [0.15, 0.2) is 12.4 Å². The second kappa shape index (κ2) is 9.34. The number of carbonyl (C=O) groups is 4. The Kier molecular flexibility index (Phi) is 7.45. The van der Waals surface area contributed by atoms with E-state index in [1.54, 1.807) is 44.2 Å². The lowest BCUT2D eigenvalue weighted by Crippen LogP contribution is -2.44. The van der Waals surface area contributed by atoms with Gasteiger partial charge in [-0.2, -0.15) is 0 Å².